The number of hydrogen-bond acceptors (Lipinski definition) is 3. The number of ether oxygens (including phenoxy) is 1. The molecule has 4 heteroatoms. The van der Waals surface area contributed by atoms with Crippen molar-refractivity contribution in [1.29, 1.82) is 0 Å². The molecular formula is C10H20O4. The van der Waals surface area contributed by atoms with Gasteiger partial charge in [-0.15, -0.1) is 0 Å². The van der Waals surface area contributed by atoms with Crippen LogP contribution in [-0.2, 0) is 4.74 Å². The van der Waals surface area contributed by atoms with Gasteiger partial charge in [0.15, 0.2) is 0 Å². The van der Waals surface area contributed by atoms with Crippen LogP contribution in [0.3, 0.4) is 0 Å². The Hall–Kier alpha value is -0.770. The van der Waals surface area contributed by atoms with Crippen LogP contribution in [-0.4, -0.2) is 22.2 Å². The van der Waals surface area contributed by atoms with Crippen molar-refractivity contribution in [3.8, 4) is 0 Å². The van der Waals surface area contributed by atoms with E-state index < -0.39 is 11.9 Å². The number of aliphatic hydroxyl groups is 1. The summed E-state index contributed by atoms with van der Waals surface area (Å²) in [6, 6.07) is 0. The van der Waals surface area contributed by atoms with E-state index in [1.165, 1.54) is 19.8 Å². The second-order valence-corrected chi connectivity index (χ2v) is 3.71. The summed E-state index contributed by atoms with van der Waals surface area (Å²) in [5.41, 5.74) is 0. The Bertz CT molecular complexity index is 166. The van der Waals surface area contributed by atoms with Crippen molar-refractivity contribution in [2.45, 2.75) is 58.2 Å². The van der Waals surface area contributed by atoms with E-state index in [0.29, 0.717) is 6.42 Å². The summed E-state index contributed by atoms with van der Waals surface area (Å²) < 4.78 is 4.32. The monoisotopic (exact) mass is 204 g/mol. The molecule has 0 aliphatic heterocycles. The maximum Gasteiger partial charge on any atom is 0.508 e. The van der Waals surface area contributed by atoms with E-state index in [2.05, 4.69) is 11.7 Å². The fraction of sp³-hybridized carbons (Fsp3) is 0.900. The minimum Gasteiger partial charge on any atom is -0.450 e. The summed E-state index contributed by atoms with van der Waals surface area (Å²) >= 11 is 0. The summed E-state index contributed by atoms with van der Waals surface area (Å²) in [5, 5.41) is 17.7. The van der Waals surface area contributed by atoms with Crippen molar-refractivity contribution in [2.75, 3.05) is 0 Å². The second-order valence-electron chi connectivity index (χ2n) is 3.71. The molecule has 0 bridgehead atoms. The Morgan fingerprint density at radius 2 is 1.86 bits per heavy atom. The molecule has 0 saturated carbocycles. The molecular weight excluding hydrogens is 184 g/mol. The van der Waals surface area contributed by atoms with Gasteiger partial charge in [-0.25, -0.2) is 4.79 Å². The van der Waals surface area contributed by atoms with Gasteiger partial charge in [0.2, 0.25) is 5.79 Å². The van der Waals surface area contributed by atoms with Gasteiger partial charge in [-0.1, -0.05) is 32.6 Å². The van der Waals surface area contributed by atoms with Gasteiger partial charge < -0.3 is 14.9 Å². The molecule has 0 saturated heterocycles. The first-order valence-electron chi connectivity index (χ1n) is 5.12. The summed E-state index contributed by atoms with van der Waals surface area (Å²) in [6.07, 6.45) is 4.21. The first kappa shape index (κ1) is 13.2. The maximum atomic E-state index is 10.2. The second kappa shape index (κ2) is 6.65. The van der Waals surface area contributed by atoms with E-state index in [-0.39, 0.29) is 0 Å². The molecule has 0 heterocycles. The lowest BCUT2D eigenvalue weighted by atomic mass is 10.1. The van der Waals surface area contributed by atoms with Crippen LogP contribution in [0.1, 0.15) is 52.4 Å². The van der Waals surface area contributed by atoms with Crippen LogP contribution in [0.5, 0.6) is 0 Å². The zero-order chi connectivity index (χ0) is 11.0. The molecule has 1 atom stereocenters. The van der Waals surface area contributed by atoms with Crippen LogP contribution in [0.25, 0.3) is 0 Å². The van der Waals surface area contributed by atoms with E-state index in [4.69, 9.17) is 5.11 Å². The molecule has 0 aromatic carbocycles. The van der Waals surface area contributed by atoms with E-state index in [0.717, 1.165) is 19.3 Å². The average molecular weight is 204 g/mol. The first-order valence-corrected chi connectivity index (χ1v) is 5.12. The number of hydrogen-bond donors (Lipinski definition) is 2. The van der Waals surface area contributed by atoms with Crippen molar-refractivity contribution in [2.24, 2.45) is 0 Å². The van der Waals surface area contributed by atoms with Crippen molar-refractivity contribution in [1.82, 2.24) is 0 Å². The smallest absolute Gasteiger partial charge is 0.450 e. The van der Waals surface area contributed by atoms with Crippen LogP contribution in [0, 0.1) is 0 Å². The van der Waals surface area contributed by atoms with Crippen molar-refractivity contribution >= 4 is 6.16 Å². The highest BCUT2D eigenvalue weighted by molar-refractivity contribution is 5.57. The molecule has 14 heavy (non-hydrogen) atoms. The van der Waals surface area contributed by atoms with Gasteiger partial charge >= 0.3 is 6.16 Å². The SMILES string of the molecule is CCCCCCCC(C)(O)OC(=O)O. The third-order valence-electron chi connectivity index (χ3n) is 2.05. The Morgan fingerprint density at radius 1 is 1.29 bits per heavy atom. The summed E-state index contributed by atoms with van der Waals surface area (Å²) in [4.78, 5) is 10.2. The lowest BCUT2D eigenvalue weighted by Crippen LogP contribution is -2.30. The van der Waals surface area contributed by atoms with Gasteiger partial charge in [-0.2, -0.15) is 0 Å². The first-order chi connectivity index (χ1) is 6.48. The zero-order valence-electron chi connectivity index (χ0n) is 8.95. The van der Waals surface area contributed by atoms with Crippen molar-refractivity contribution in [3.05, 3.63) is 0 Å². The molecule has 0 aromatic rings. The molecule has 0 aliphatic rings. The minimum absolute atomic E-state index is 0.364. The molecule has 1 unspecified atom stereocenters. The quantitative estimate of drug-likeness (QED) is 0.380. The van der Waals surface area contributed by atoms with Gasteiger partial charge in [0.1, 0.15) is 0 Å². The molecule has 0 fully saturated rings. The molecule has 2 N–H and O–H groups in total. The van der Waals surface area contributed by atoms with E-state index >= 15 is 0 Å². The van der Waals surface area contributed by atoms with E-state index in [9.17, 15) is 9.90 Å². The summed E-state index contributed by atoms with van der Waals surface area (Å²) in [7, 11) is 0. The third kappa shape index (κ3) is 7.86. The molecule has 0 radical (unpaired) electrons. The van der Waals surface area contributed by atoms with Crippen LogP contribution >= 0.6 is 0 Å². The number of rotatable bonds is 7. The van der Waals surface area contributed by atoms with Gasteiger partial charge in [0.05, 0.1) is 0 Å². The third-order valence-corrected chi connectivity index (χ3v) is 2.05. The molecule has 84 valence electrons. The Morgan fingerprint density at radius 3 is 2.36 bits per heavy atom. The maximum absolute atomic E-state index is 10.2. The fourth-order valence-corrected chi connectivity index (χ4v) is 1.30. The lowest BCUT2D eigenvalue weighted by Gasteiger charge is -2.21. The van der Waals surface area contributed by atoms with E-state index in [1.54, 1.807) is 0 Å². The van der Waals surface area contributed by atoms with Crippen LogP contribution in [0.4, 0.5) is 4.79 Å². The van der Waals surface area contributed by atoms with Gasteiger partial charge in [-0.3, -0.25) is 0 Å². The fourth-order valence-electron chi connectivity index (χ4n) is 1.30. The average Bonchev–Trinajstić information content (AvgIpc) is 2.01. The molecule has 0 rings (SSSR count). The van der Waals surface area contributed by atoms with Crippen LogP contribution in [0.2, 0.25) is 0 Å². The Labute approximate surface area is 84.9 Å². The number of unbranched alkanes of at least 4 members (excludes halogenated alkanes) is 4. The highest BCUT2D eigenvalue weighted by atomic mass is 16.7. The lowest BCUT2D eigenvalue weighted by molar-refractivity contribution is -0.163. The van der Waals surface area contributed by atoms with Gasteiger partial charge in [-0.05, 0) is 6.42 Å². The summed E-state index contributed by atoms with van der Waals surface area (Å²) in [6.45, 7) is 3.50. The normalized spacial score (nSPS) is 14.8. The molecule has 0 spiro atoms. The van der Waals surface area contributed by atoms with Crippen molar-refractivity contribution < 1.29 is 19.7 Å². The predicted molar refractivity (Wildman–Crippen MR) is 53.1 cm³/mol. The van der Waals surface area contributed by atoms with Crippen LogP contribution < -0.4 is 0 Å². The molecule has 4 nitrogen and oxygen atoms in total. The number of carbonyl (C=O) groups is 1. The van der Waals surface area contributed by atoms with Gasteiger partial charge in [0, 0.05) is 13.3 Å². The summed E-state index contributed by atoms with van der Waals surface area (Å²) in [5.74, 6) is -1.53. The highest BCUT2D eigenvalue weighted by Crippen LogP contribution is 2.16. The standard InChI is InChI=1S/C10H20O4/c1-3-4-5-6-7-8-10(2,13)14-9(11)12/h13H,3-8H2,1-2H3,(H,11,12). The largest absolute Gasteiger partial charge is 0.508 e. The van der Waals surface area contributed by atoms with Gasteiger partial charge in [0.25, 0.3) is 0 Å². The van der Waals surface area contributed by atoms with Crippen LogP contribution in [0.15, 0.2) is 0 Å². The van der Waals surface area contributed by atoms with E-state index in [1.807, 2.05) is 0 Å². The Balaban J connectivity index is 3.50. The zero-order valence-corrected chi connectivity index (χ0v) is 8.95. The topological polar surface area (TPSA) is 66.8 Å². The molecule has 0 aromatic heterocycles. The van der Waals surface area contributed by atoms with Crippen molar-refractivity contribution in [3.63, 3.8) is 0 Å². The minimum atomic E-state index is -1.53. The molecule has 0 aliphatic carbocycles. The molecule has 0 amide bonds. The number of carboxylic acid groups (broad SMARTS) is 1. The Kier molecular flexibility index (Phi) is 6.28. The predicted octanol–water partition coefficient (Wildman–Crippen LogP) is 2.75. The highest BCUT2D eigenvalue weighted by Gasteiger charge is 2.24.